The van der Waals surface area contributed by atoms with Gasteiger partial charge >= 0.3 is 5.97 Å². The van der Waals surface area contributed by atoms with Crippen molar-refractivity contribution < 1.29 is 27.5 Å². The van der Waals surface area contributed by atoms with Crippen LogP contribution in [0, 0.1) is 0 Å². The lowest BCUT2D eigenvalue weighted by molar-refractivity contribution is -0.142. The molecule has 0 aromatic heterocycles. The van der Waals surface area contributed by atoms with Crippen LogP contribution in [0.2, 0.25) is 0 Å². The predicted molar refractivity (Wildman–Crippen MR) is 95.5 cm³/mol. The molecule has 26 heavy (non-hydrogen) atoms. The van der Waals surface area contributed by atoms with Gasteiger partial charge in [0.1, 0.15) is 5.75 Å². The van der Waals surface area contributed by atoms with Crippen molar-refractivity contribution in [3.63, 3.8) is 0 Å². The fraction of sp³-hybridized carbons (Fsp3) is 0.176. The van der Waals surface area contributed by atoms with Crippen LogP contribution in [-0.4, -0.2) is 34.0 Å². The average Bonchev–Trinajstić information content (AvgIpc) is 2.60. The Labute approximate surface area is 151 Å². The predicted octanol–water partition coefficient (Wildman–Crippen LogP) is 2.00. The van der Waals surface area contributed by atoms with Gasteiger partial charge in [0.2, 0.25) is 5.91 Å². The Bertz CT molecular complexity index is 876. The van der Waals surface area contributed by atoms with E-state index >= 15 is 0 Å². The Morgan fingerprint density at radius 3 is 2.08 bits per heavy atom. The van der Waals surface area contributed by atoms with Gasteiger partial charge in [0.15, 0.2) is 6.61 Å². The highest BCUT2D eigenvalue weighted by Crippen LogP contribution is 2.20. The zero-order valence-electron chi connectivity index (χ0n) is 14.2. The molecule has 0 bridgehead atoms. The minimum Gasteiger partial charge on any atom is -0.482 e. The van der Waals surface area contributed by atoms with Crippen molar-refractivity contribution in [2.24, 2.45) is 0 Å². The van der Waals surface area contributed by atoms with Gasteiger partial charge in [-0.15, -0.1) is 0 Å². The summed E-state index contributed by atoms with van der Waals surface area (Å²) >= 11 is 0. The first-order valence-corrected chi connectivity index (χ1v) is 8.98. The van der Waals surface area contributed by atoms with E-state index in [1.165, 1.54) is 62.6 Å². The van der Waals surface area contributed by atoms with Crippen molar-refractivity contribution >= 4 is 33.3 Å². The lowest BCUT2D eigenvalue weighted by Crippen LogP contribution is -2.14. The van der Waals surface area contributed by atoms with E-state index in [4.69, 9.17) is 4.74 Å². The van der Waals surface area contributed by atoms with Crippen molar-refractivity contribution in [2.75, 3.05) is 23.8 Å². The van der Waals surface area contributed by atoms with Crippen molar-refractivity contribution in [1.29, 1.82) is 0 Å². The third kappa shape index (κ3) is 5.49. The third-order valence-electron chi connectivity index (χ3n) is 3.18. The minimum atomic E-state index is -3.78. The topological polar surface area (TPSA) is 111 Å². The summed E-state index contributed by atoms with van der Waals surface area (Å²) in [4.78, 5) is 22.1. The number of sulfonamides is 1. The number of ether oxygens (including phenoxy) is 2. The van der Waals surface area contributed by atoms with Gasteiger partial charge in [-0.1, -0.05) is 0 Å². The lowest BCUT2D eigenvalue weighted by Gasteiger charge is -2.10. The second-order valence-electron chi connectivity index (χ2n) is 5.20. The Morgan fingerprint density at radius 2 is 1.54 bits per heavy atom. The molecule has 2 N–H and O–H groups in total. The van der Waals surface area contributed by atoms with E-state index in [9.17, 15) is 18.0 Å². The molecule has 0 heterocycles. The summed E-state index contributed by atoms with van der Waals surface area (Å²) in [5.74, 6) is -0.358. The van der Waals surface area contributed by atoms with Gasteiger partial charge < -0.3 is 14.8 Å². The molecular weight excluding hydrogens is 360 g/mol. The van der Waals surface area contributed by atoms with E-state index < -0.39 is 16.0 Å². The number of methoxy groups -OCH3 is 1. The molecule has 8 nitrogen and oxygen atoms in total. The highest BCUT2D eigenvalue weighted by Gasteiger charge is 2.14. The van der Waals surface area contributed by atoms with Crippen LogP contribution in [0.15, 0.2) is 53.4 Å². The SMILES string of the molecule is COC(=O)COc1ccc(NS(=O)(=O)c2ccc(NC(C)=O)cc2)cc1. The molecule has 0 aliphatic rings. The molecule has 9 heteroatoms. The Hall–Kier alpha value is -3.07. The highest BCUT2D eigenvalue weighted by molar-refractivity contribution is 7.92. The van der Waals surface area contributed by atoms with Crippen LogP contribution in [0.25, 0.3) is 0 Å². The second kappa shape index (κ2) is 8.34. The summed E-state index contributed by atoms with van der Waals surface area (Å²) in [7, 11) is -2.52. The Balaban J connectivity index is 2.04. The maximum Gasteiger partial charge on any atom is 0.343 e. The molecule has 0 radical (unpaired) electrons. The number of carbonyl (C=O) groups is 2. The smallest absolute Gasteiger partial charge is 0.343 e. The molecule has 138 valence electrons. The number of carbonyl (C=O) groups excluding carboxylic acids is 2. The van der Waals surface area contributed by atoms with Gasteiger partial charge in [-0.05, 0) is 48.5 Å². The van der Waals surface area contributed by atoms with Crippen molar-refractivity contribution in [3.05, 3.63) is 48.5 Å². The molecule has 0 fully saturated rings. The van der Waals surface area contributed by atoms with E-state index in [1.807, 2.05) is 0 Å². The second-order valence-corrected chi connectivity index (χ2v) is 6.88. The number of nitrogens with one attached hydrogen (secondary N) is 2. The highest BCUT2D eigenvalue weighted by atomic mass is 32.2. The monoisotopic (exact) mass is 378 g/mol. The van der Waals surface area contributed by atoms with Crippen LogP contribution in [0.1, 0.15) is 6.92 Å². The summed E-state index contributed by atoms with van der Waals surface area (Å²) in [5.41, 5.74) is 0.838. The molecular formula is C17H18N2O6S. The molecule has 0 saturated carbocycles. The van der Waals surface area contributed by atoms with Gasteiger partial charge in [-0.25, -0.2) is 13.2 Å². The number of hydrogen-bond acceptors (Lipinski definition) is 6. The summed E-state index contributed by atoms with van der Waals surface area (Å²) in [6, 6.07) is 11.9. The zero-order chi connectivity index (χ0) is 19.2. The van der Waals surface area contributed by atoms with Crippen molar-refractivity contribution in [2.45, 2.75) is 11.8 Å². The first kappa shape index (κ1) is 19.3. The van der Waals surface area contributed by atoms with Crippen LogP contribution < -0.4 is 14.8 Å². The van der Waals surface area contributed by atoms with Crippen LogP contribution in [0.3, 0.4) is 0 Å². The number of hydrogen-bond donors (Lipinski definition) is 2. The Morgan fingerprint density at radius 1 is 0.962 bits per heavy atom. The Kier molecular flexibility index (Phi) is 6.18. The molecule has 2 rings (SSSR count). The standard InChI is InChI=1S/C17H18N2O6S/c1-12(20)18-13-5-9-16(10-6-13)26(22,23)19-14-3-7-15(8-4-14)25-11-17(21)24-2/h3-10,19H,11H2,1-2H3,(H,18,20). The van der Waals surface area contributed by atoms with Crippen molar-refractivity contribution in [1.82, 2.24) is 0 Å². The lowest BCUT2D eigenvalue weighted by atomic mass is 10.3. The maximum absolute atomic E-state index is 12.4. The first-order valence-electron chi connectivity index (χ1n) is 7.50. The summed E-state index contributed by atoms with van der Waals surface area (Å²) in [6.45, 7) is 1.13. The van der Waals surface area contributed by atoms with Crippen LogP contribution in [0.5, 0.6) is 5.75 Å². The molecule has 0 aliphatic heterocycles. The quantitative estimate of drug-likeness (QED) is 0.713. The van der Waals surface area contributed by atoms with E-state index in [0.717, 1.165) is 0 Å². The van der Waals surface area contributed by atoms with Crippen LogP contribution >= 0.6 is 0 Å². The fourth-order valence-corrected chi connectivity index (χ4v) is 3.01. The van der Waals surface area contributed by atoms with Gasteiger partial charge in [-0.2, -0.15) is 0 Å². The van der Waals surface area contributed by atoms with E-state index in [1.54, 1.807) is 0 Å². The summed E-state index contributed by atoms with van der Waals surface area (Å²) < 4.78 is 36.9. The number of esters is 1. The van der Waals surface area contributed by atoms with Crippen molar-refractivity contribution in [3.8, 4) is 5.75 Å². The number of amides is 1. The third-order valence-corrected chi connectivity index (χ3v) is 4.57. The van der Waals surface area contributed by atoms with Gasteiger partial charge in [0, 0.05) is 18.3 Å². The molecule has 0 saturated heterocycles. The largest absolute Gasteiger partial charge is 0.482 e. The van der Waals surface area contributed by atoms with Gasteiger partial charge in [-0.3, -0.25) is 9.52 Å². The van der Waals surface area contributed by atoms with E-state index in [0.29, 0.717) is 17.1 Å². The van der Waals surface area contributed by atoms with Crippen LogP contribution in [-0.2, 0) is 24.3 Å². The molecule has 0 unspecified atom stereocenters. The maximum atomic E-state index is 12.4. The fourth-order valence-electron chi connectivity index (χ4n) is 1.96. The normalized spacial score (nSPS) is 10.7. The number of benzene rings is 2. The van der Waals surface area contributed by atoms with E-state index in [2.05, 4.69) is 14.8 Å². The number of anilines is 2. The van der Waals surface area contributed by atoms with Gasteiger partial charge in [0.05, 0.1) is 12.0 Å². The number of rotatable bonds is 7. The molecule has 2 aromatic carbocycles. The molecule has 0 atom stereocenters. The summed E-state index contributed by atoms with van der Waals surface area (Å²) in [5, 5.41) is 2.56. The average molecular weight is 378 g/mol. The molecule has 2 aromatic rings. The molecule has 1 amide bonds. The molecule has 0 aliphatic carbocycles. The summed E-state index contributed by atoms with van der Waals surface area (Å²) in [6.07, 6.45) is 0. The van der Waals surface area contributed by atoms with Gasteiger partial charge in [0.25, 0.3) is 10.0 Å². The van der Waals surface area contributed by atoms with Crippen LogP contribution in [0.4, 0.5) is 11.4 Å². The first-order chi connectivity index (χ1) is 12.3. The van der Waals surface area contributed by atoms with E-state index in [-0.39, 0.29) is 17.4 Å². The zero-order valence-corrected chi connectivity index (χ0v) is 15.0. The minimum absolute atomic E-state index is 0.0534. The molecule has 0 spiro atoms.